The first-order chi connectivity index (χ1) is 14.3. The van der Waals surface area contributed by atoms with Crippen LogP contribution >= 0.6 is 0 Å². The van der Waals surface area contributed by atoms with Crippen LogP contribution < -0.4 is 10.5 Å². The summed E-state index contributed by atoms with van der Waals surface area (Å²) in [4.78, 5) is 12.7. The molecule has 0 heterocycles. The predicted molar refractivity (Wildman–Crippen MR) is 121 cm³/mol. The number of nitrogens with zero attached hydrogens (tertiary/aromatic N) is 2. The standard InChI is InChI=1S/C21H26N4O4S2/c1-13(2)18-10-15(12-22)11-19(14(3)4)20(18)24-21(26)25-31(23,29)17-8-6-16(7-9-17)30(5,27)28/h6-11,13-14H,1-5H3,(H3,23,24,25,26,29)/t31-/m0/s1. The highest BCUT2D eigenvalue weighted by Crippen LogP contribution is 2.34. The van der Waals surface area contributed by atoms with Crippen molar-refractivity contribution < 1.29 is 17.4 Å². The summed E-state index contributed by atoms with van der Waals surface area (Å²) in [5.74, 6) is 0.0127. The highest BCUT2D eigenvalue weighted by atomic mass is 32.2. The lowest BCUT2D eigenvalue weighted by molar-refractivity contribution is 0.260. The van der Waals surface area contributed by atoms with Gasteiger partial charge in [0.05, 0.1) is 21.4 Å². The number of hydrogen-bond donors (Lipinski definition) is 2. The number of nitrogens with one attached hydrogen (secondary N) is 1. The third-order valence-electron chi connectivity index (χ3n) is 4.61. The van der Waals surface area contributed by atoms with E-state index in [1.165, 1.54) is 24.3 Å². The minimum absolute atomic E-state index is 0.00636. The fraction of sp³-hybridized carbons (Fsp3) is 0.333. The van der Waals surface area contributed by atoms with Crippen LogP contribution in [0.2, 0.25) is 0 Å². The van der Waals surface area contributed by atoms with Crippen LogP contribution in [0.25, 0.3) is 0 Å². The summed E-state index contributed by atoms with van der Waals surface area (Å²) >= 11 is 0. The lowest BCUT2D eigenvalue weighted by Crippen LogP contribution is -2.19. The van der Waals surface area contributed by atoms with E-state index in [1.807, 2.05) is 27.7 Å². The number of urea groups is 1. The van der Waals surface area contributed by atoms with E-state index < -0.39 is 25.8 Å². The van der Waals surface area contributed by atoms with Gasteiger partial charge >= 0.3 is 6.03 Å². The number of nitrogens with two attached hydrogens (primary N) is 1. The lowest BCUT2D eigenvalue weighted by atomic mass is 9.90. The van der Waals surface area contributed by atoms with E-state index in [1.54, 1.807) is 12.1 Å². The minimum Gasteiger partial charge on any atom is -0.305 e. The topological polar surface area (TPSA) is 142 Å². The summed E-state index contributed by atoms with van der Waals surface area (Å²) in [6.45, 7) is 7.73. The van der Waals surface area contributed by atoms with Gasteiger partial charge in [-0.15, -0.1) is 4.36 Å². The quantitative estimate of drug-likeness (QED) is 0.686. The average Bonchev–Trinajstić information content (AvgIpc) is 2.66. The van der Waals surface area contributed by atoms with E-state index >= 15 is 0 Å². The molecule has 10 heteroatoms. The molecular weight excluding hydrogens is 436 g/mol. The maximum atomic E-state index is 12.8. The summed E-state index contributed by atoms with van der Waals surface area (Å²) in [6, 6.07) is 9.72. The molecule has 0 aromatic heterocycles. The lowest BCUT2D eigenvalue weighted by Gasteiger charge is -2.20. The highest BCUT2D eigenvalue weighted by molar-refractivity contribution is 7.92. The molecule has 1 atom stereocenters. The van der Waals surface area contributed by atoms with Gasteiger partial charge < -0.3 is 5.32 Å². The van der Waals surface area contributed by atoms with Gasteiger partial charge in [0, 0.05) is 11.9 Å². The first kappa shape index (κ1) is 24.5. The number of nitriles is 1. The van der Waals surface area contributed by atoms with Gasteiger partial charge in [0.1, 0.15) is 9.92 Å². The summed E-state index contributed by atoms with van der Waals surface area (Å²) in [5, 5.41) is 17.8. The van der Waals surface area contributed by atoms with E-state index in [-0.39, 0.29) is 21.6 Å². The van der Waals surface area contributed by atoms with Crippen LogP contribution in [0.3, 0.4) is 0 Å². The Kier molecular flexibility index (Phi) is 7.26. The van der Waals surface area contributed by atoms with E-state index in [0.717, 1.165) is 17.4 Å². The van der Waals surface area contributed by atoms with Crippen molar-refractivity contribution in [1.29, 1.82) is 5.26 Å². The van der Waals surface area contributed by atoms with Gasteiger partial charge in [0.15, 0.2) is 9.84 Å². The van der Waals surface area contributed by atoms with Crippen LogP contribution in [-0.4, -0.2) is 24.9 Å². The Morgan fingerprint density at radius 1 is 1.00 bits per heavy atom. The van der Waals surface area contributed by atoms with E-state index in [0.29, 0.717) is 11.3 Å². The maximum absolute atomic E-state index is 12.8. The van der Waals surface area contributed by atoms with Crippen molar-refractivity contribution in [2.45, 2.75) is 49.3 Å². The van der Waals surface area contributed by atoms with Gasteiger partial charge in [-0.1, -0.05) is 27.7 Å². The number of sulfone groups is 1. The number of carbonyl (C=O) groups excluding carboxylic acids is 1. The molecule has 0 unspecified atom stereocenters. The Hall–Kier alpha value is -2.74. The largest absolute Gasteiger partial charge is 0.354 e. The first-order valence-corrected chi connectivity index (χ1v) is 13.0. The molecule has 0 saturated carbocycles. The molecule has 0 spiro atoms. The summed E-state index contributed by atoms with van der Waals surface area (Å²) in [7, 11) is -7.03. The Balaban J connectivity index is 2.48. The molecule has 0 bridgehead atoms. The van der Waals surface area contributed by atoms with Crippen LogP contribution in [-0.2, 0) is 19.8 Å². The molecule has 31 heavy (non-hydrogen) atoms. The molecule has 3 N–H and O–H groups in total. The second-order valence-corrected chi connectivity index (χ2v) is 11.6. The smallest absolute Gasteiger partial charge is 0.305 e. The Labute approximate surface area is 183 Å². The van der Waals surface area contributed by atoms with Gasteiger partial charge in [0.2, 0.25) is 0 Å². The Morgan fingerprint density at radius 2 is 1.45 bits per heavy atom. The zero-order valence-corrected chi connectivity index (χ0v) is 19.7. The molecule has 0 aliphatic carbocycles. The normalized spacial score (nSPS) is 13.5. The van der Waals surface area contributed by atoms with Gasteiger partial charge in [0.25, 0.3) is 0 Å². The Bertz CT molecular complexity index is 1240. The number of carbonyl (C=O) groups is 1. The van der Waals surface area contributed by atoms with Crippen LogP contribution in [0, 0.1) is 11.3 Å². The van der Waals surface area contributed by atoms with Crippen molar-refractivity contribution in [3.05, 3.63) is 53.1 Å². The highest BCUT2D eigenvalue weighted by Gasteiger charge is 2.19. The van der Waals surface area contributed by atoms with Gasteiger partial charge in [-0.2, -0.15) is 5.26 Å². The zero-order valence-electron chi connectivity index (χ0n) is 18.0. The van der Waals surface area contributed by atoms with Crippen molar-refractivity contribution in [2.75, 3.05) is 11.6 Å². The molecule has 0 saturated heterocycles. The second-order valence-electron chi connectivity index (χ2n) is 7.78. The summed E-state index contributed by atoms with van der Waals surface area (Å²) < 4.78 is 39.7. The van der Waals surface area contributed by atoms with Crippen LogP contribution in [0.5, 0.6) is 0 Å². The molecule has 2 aromatic rings. The van der Waals surface area contributed by atoms with E-state index in [9.17, 15) is 22.7 Å². The van der Waals surface area contributed by atoms with Crippen molar-refractivity contribution in [3.8, 4) is 6.07 Å². The molecule has 0 aliphatic heterocycles. The fourth-order valence-corrected chi connectivity index (χ4v) is 4.55. The molecule has 8 nitrogen and oxygen atoms in total. The molecular formula is C21H26N4O4S2. The second kappa shape index (κ2) is 9.18. The van der Waals surface area contributed by atoms with Crippen molar-refractivity contribution in [3.63, 3.8) is 0 Å². The van der Waals surface area contributed by atoms with E-state index in [4.69, 9.17) is 5.14 Å². The third-order valence-corrected chi connectivity index (χ3v) is 7.13. The zero-order chi connectivity index (χ0) is 23.6. The van der Waals surface area contributed by atoms with Crippen molar-refractivity contribution >= 4 is 31.5 Å². The monoisotopic (exact) mass is 462 g/mol. The average molecular weight is 463 g/mol. The molecule has 166 valence electrons. The Morgan fingerprint density at radius 3 is 1.84 bits per heavy atom. The molecule has 0 radical (unpaired) electrons. The molecule has 2 rings (SSSR count). The SMILES string of the molecule is CC(C)c1cc(C#N)cc(C(C)C)c1NC(=O)N=[S@](N)(=O)c1ccc(S(C)(=O)=O)cc1. The first-order valence-electron chi connectivity index (χ1n) is 9.50. The van der Waals surface area contributed by atoms with Gasteiger partial charge in [-0.25, -0.2) is 22.6 Å². The number of hydrogen-bond acceptors (Lipinski definition) is 5. The number of benzene rings is 2. The van der Waals surface area contributed by atoms with E-state index in [2.05, 4.69) is 15.7 Å². The molecule has 0 aliphatic rings. The summed E-state index contributed by atoms with van der Waals surface area (Å²) in [6.07, 6.45) is 1.05. The molecule has 2 amide bonds. The number of rotatable bonds is 5. The van der Waals surface area contributed by atoms with Crippen LogP contribution in [0.1, 0.15) is 56.2 Å². The predicted octanol–water partition coefficient (Wildman–Crippen LogP) is 4.14. The van der Waals surface area contributed by atoms with Crippen molar-refractivity contribution in [2.24, 2.45) is 9.50 Å². The molecule has 2 aromatic carbocycles. The fourth-order valence-electron chi connectivity index (χ4n) is 2.99. The maximum Gasteiger partial charge on any atom is 0.354 e. The summed E-state index contributed by atoms with van der Waals surface area (Å²) in [5.41, 5.74) is 2.51. The number of amides is 2. The molecule has 0 fully saturated rings. The van der Waals surface area contributed by atoms with Crippen LogP contribution in [0.15, 0.2) is 50.6 Å². The van der Waals surface area contributed by atoms with Gasteiger partial charge in [-0.05, 0) is 59.4 Å². The van der Waals surface area contributed by atoms with Crippen molar-refractivity contribution in [1.82, 2.24) is 0 Å². The van der Waals surface area contributed by atoms with Crippen LogP contribution in [0.4, 0.5) is 10.5 Å². The minimum atomic E-state index is -3.61. The van der Waals surface area contributed by atoms with Gasteiger partial charge in [-0.3, -0.25) is 0 Å². The third kappa shape index (κ3) is 5.91. The number of anilines is 1.